The topological polar surface area (TPSA) is 119 Å². The average molecular weight is 359 g/mol. The van der Waals surface area contributed by atoms with Crippen LogP contribution in [0.4, 0.5) is 23.7 Å². The summed E-state index contributed by atoms with van der Waals surface area (Å²) in [5, 5.41) is 2.30. The number of halogens is 3. The van der Waals surface area contributed by atoms with E-state index in [4.69, 9.17) is 5.73 Å². The summed E-state index contributed by atoms with van der Waals surface area (Å²) in [6, 6.07) is 3.58. The molecule has 1 saturated heterocycles. The molecule has 0 unspecified atom stereocenters. The van der Waals surface area contributed by atoms with E-state index in [1.54, 1.807) is 12.1 Å². The van der Waals surface area contributed by atoms with Crippen molar-refractivity contribution in [3.8, 4) is 0 Å². The molecule has 1 aliphatic rings. The van der Waals surface area contributed by atoms with Crippen molar-refractivity contribution < 1.29 is 37.1 Å². The second-order valence-corrected chi connectivity index (χ2v) is 5.02. The number of esters is 2. The van der Waals surface area contributed by atoms with E-state index in [9.17, 15) is 32.3 Å². The predicted octanol–water partition coefficient (Wildman–Crippen LogP) is 0.910. The molecule has 0 aliphatic carbocycles. The number of ether oxygens (including phenoxy) is 1. The lowest BCUT2D eigenvalue weighted by Gasteiger charge is -2.36. The number of amides is 3. The molecule has 1 heterocycles. The van der Waals surface area contributed by atoms with Gasteiger partial charge < -0.3 is 15.8 Å². The monoisotopic (exact) mass is 359 g/mol. The number of carbonyl (C=O) groups is 4. The standard InChI is InChI=1S/C14H12F3N3O5/c15-14(16,17)12(23)25-11(22)9-5-10(21)20(9)13(24)19-8-3-1-7(6-18)2-4-8/h1-4,9H,5-6,18H2,(H,19,24)/t9-/m0/s1. The minimum atomic E-state index is -5.36. The molecule has 1 aromatic rings. The van der Waals surface area contributed by atoms with E-state index in [2.05, 4.69) is 10.1 Å². The summed E-state index contributed by atoms with van der Waals surface area (Å²) < 4.78 is 39.9. The summed E-state index contributed by atoms with van der Waals surface area (Å²) in [5.41, 5.74) is 6.48. The summed E-state index contributed by atoms with van der Waals surface area (Å²) in [4.78, 5) is 46.1. The van der Waals surface area contributed by atoms with Crippen molar-refractivity contribution in [2.45, 2.75) is 25.2 Å². The van der Waals surface area contributed by atoms with Crippen LogP contribution in [0.1, 0.15) is 12.0 Å². The smallest absolute Gasteiger partial charge is 0.385 e. The summed E-state index contributed by atoms with van der Waals surface area (Å²) >= 11 is 0. The molecule has 0 bridgehead atoms. The Bertz CT molecular complexity index is 717. The zero-order valence-electron chi connectivity index (χ0n) is 12.5. The van der Waals surface area contributed by atoms with Crippen molar-refractivity contribution in [3.63, 3.8) is 0 Å². The molecule has 0 aromatic heterocycles. The highest BCUT2D eigenvalue weighted by Crippen LogP contribution is 2.24. The van der Waals surface area contributed by atoms with Crippen LogP contribution in [0.5, 0.6) is 0 Å². The largest absolute Gasteiger partial charge is 0.491 e. The fourth-order valence-electron chi connectivity index (χ4n) is 1.99. The number of urea groups is 1. The Kier molecular flexibility index (Phi) is 5.07. The summed E-state index contributed by atoms with van der Waals surface area (Å²) in [7, 11) is 0. The summed E-state index contributed by atoms with van der Waals surface area (Å²) in [5.74, 6) is -5.14. The molecule has 134 valence electrons. The average Bonchev–Trinajstić information content (AvgIpc) is 2.51. The molecule has 2 rings (SSSR count). The summed E-state index contributed by atoms with van der Waals surface area (Å²) in [6.07, 6.45) is -5.90. The first-order valence-corrected chi connectivity index (χ1v) is 6.88. The van der Waals surface area contributed by atoms with Crippen molar-refractivity contribution in [1.29, 1.82) is 0 Å². The van der Waals surface area contributed by atoms with Crippen molar-refractivity contribution in [1.82, 2.24) is 4.90 Å². The Labute approximate surface area is 138 Å². The van der Waals surface area contributed by atoms with Gasteiger partial charge in [-0.2, -0.15) is 13.2 Å². The number of β-lactam (4-membered cyclic amide) rings is 1. The zero-order valence-corrected chi connectivity index (χ0v) is 12.5. The first-order chi connectivity index (χ1) is 11.6. The molecule has 3 amide bonds. The number of benzene rings is 1. The number of imide groups is 1. The van der Waals surface area contributed by atoms with Crippen LogP contribution in [0, 0.1) is 0 Å². The van der Waals surface area contributed by atoms with Crippen LogP contribution < -0.4 is 11.1 Å². The van der Waals surface area contributed by atoms with Crippen LogP contribution >= 0.6 is 0 Å². The lowest BCUT2D eigenvalue weighted by Crippen LogP contribution is -2.61. The minimum absolute atomic E-state index is 0.278. The lowest BCUT2D eigenvalue weighted by molar-refractivity contribution is -0.204. The number of likely N-dealkylation sites (tertiary alicyclic amines) is 1. The number of hydrogen-bond acceptors (Lipinski definition) is 6. The van der Waals surface area contributed by atoms with Crippen LogP contribution in [-0.2, 0) is 25.7 Å². The Morgan fingerprint density at radius 3 is 2.32 bits per heavy atom. The molecular weight excluding hydrogens is 347 g/mol. The molecule has 25 heavy (non-hydrogen) atoms. The number of hydrogen-bond donors (Lipinski definition) is 2. The van der Waals surface area contributed by atoms with Gasteiger partial charge in [-0.05, 0) is 17.7 Å². The SMILES string of the molecule is NCc1ccc(NC(=O)N2C(=O)C[C@H]2C(=O)OC(=O)C(F)(F)F)cc1. The first kappa shape index (κ1) is 18.4. The number of nitrogens with one attached hydrogen (secondary N) is 1. The fourth-order valence-corrected chi connectivity index (χ4v) is 1.99. The van der Waals surface area contributed by atoms with E-state index >= 15 is 0 Å². The maximum absolute atomic E-state index is 12.1. The van der Waals surface area contributed by atoms with Crippen molar-refractivity contribution >= 4 is 29.6 Å². The molecule has 0 spiro atoms. The predicted molar refractivity (Wildman–Crippen MR) is 75.8 cm³/mol. The van der Waals surface area contributed by atoms with Gasteiger partial charge in [0.25, 0.3) is 0 Å². The Morgan fingerprint density at radius 1 is 1.24 bits per heavy atom. The Balaban J connectivity index is 2.01. The normalized spacial score (nSPS) is 16.9. The highest BCUT2D eigenvalue weighted by Gasteiger charge is 2.50. The third kappa shape index (κ3) is 4.12. The minimum Gasteiger partial charge on any atom is -0.385 e. The van der Waals surface area contributed by atoms with Gasteiger partial charge in [-0.25, -0.2) is 19.3 Å². The summed E-state index contributed by atoms with van der Waals surface area (Å²) in [6.45, 7) is 0.278. The molecule has 3 N–H and O–H groups in total. The molecule has 1 aromatic carbocycles. The van der Waals surface area contributed by atoms with Gasteiger partial charge in [0.1, 0.15) is 6.04 Å². The fraction of sp³-hybridized carbons (Fsp3) is 0.286. The molecule has 8 nitrogen and oxygen atoms in total. The van der Waals surface area contributed by atoms with E-state index in [-0.39, 0.29) is 12.2 Å². The number of nitrogens with zero attached hydrogens (tertiary/aromatic N) is 1. The first-order valence-electron chi connectivity index (χ1n) is 6.88. The van der Waals surface area contributed by atoms with Crippen molar-refractivity contribution in [2.24, 2.45) is 5.73 Å². The molecular formula is C14H12F3N3O5. The highest BCUT2D eigenvalue weighted by molar-refractivity contribution is 6.11. The number of anilines is 1. The van der Waals surface area contributed by atoms with Crippen LogP contribution in [-0.4, -0.2) is 41.0 Å². The molecule has 0 saturated carbocycles. The van der Waals surface area contributed by atoms with E-state index in [1.165, 1.54) is 12.1 Å². The Morgan fingerprint density at radius 2 is 1.84 bits per heavy atom. The van der Waals surface area contributed by atoms with Crippen LogP contribution in [0.15, 0.2) is 24.3 Å². The van der Waals surface area contributed by atoms with Crippen LogP contribution in [0.2, 0.25) is 0 Å². The second kappa shape index (κ2) is 6.89. The van der Waals surface area contributed by atoms with E-state index in [0.717, 1.165) is 5.56 Å². The van der Waals surface area contributed by atoms with Gasteiger partial charge in [-0.3, -0.25) is 4.79 Å². The molecule has 1 atom stereocenters. The molecule has 11 heteroatoms. The molecule has 0 radical (unpaired) electrons. The third-order valence-electron chi connectivity index (χ3n) is 3.30. The van der Waals surface area contributed by atoms with E-state index in [0.29, 0.717) is 4.90 Å². The van der Waals surface area contributed by atoms with Crippen LogP contribution in [0.3, 0.4) is 0 Å². The van der Waals surface area contributed by atoms with Crippen molar-refractivity contribution in [2.75, 3.05) is 5.32 Å². The molecule has 1 aliphatic heterocycles. The second-order valence-electron chi connectivity index (χ2n) is 5.02. The van der Waals surface area contributed by atoms with Gasteiger partial charge in [-0.1, -0.05) is 12.1 Å². The quantitative estimate of drug-likeness (QED) is 0.470. The van der Waals surface area contributed by atoms with Gasteiger partial charge >= 0.3 is 24.1 Å². The van der Waals surface area contributed by atoms with E-state index < -0.39 is 42.5 Å². The number of nitrogens with two attached hydrogens (primary N) is 1. The maximum atomic E-state index is 12.1. The third-order valence-corrected chi connectivity index (χ3v) is 3.30. The van der Waals surface area contributed by atoms with Gasteiger partial charge in [-0.15, -0.1) is 0 Å². The van der Waals surface area contributed by atoms with Gasteiger partial charge in [0, 0.05) is 12.2 Å². The lowest BCUT2D eigenvalue weighted by atomic mass is 10.0. The van der Waals surface area contributed by atoms with Gasteiger partial charge in [0.15, 0.2) is 0 Å². The highest BCUT2D eigenvalue weighted by atomic mass is 19.4. The Hall–Kier alpha value is -2.95. The zero-order chi connectivity index (χ0) is 18.8. The number of carbonyl (C=O) groups excluding carboxylic acids is 4. The van der Waals surface area contributed by atoms with Crippen molar-refractivity contribution in [3.05, 3.63) is 29.8 Å². The van der Waals surface area contributed by atoms with Gasteiger partial charge in [0.2, 0.25) is 5.91 Å². The van der Waals surface area contributed by atoms with E-state index in [1.807, 2.05) is 0 Å². The van der Waals surface area contributed by atoms with Crippen LogP contribution in [0.25, 0.3) is 0 Å². The maximum Gasteiger partial charge on any atom is 0.491 e. The van der Waals surface area contributed by atoms with Gasteiger partial charge in [0.05, 0.1) is 6.42 Å². The molecule has 1 fully saturated rings. The number of rotatable bonds is 3. The number of alkyl halides is 3.